The van der Waals surface area contributed by atoms with Crippen molar-refractivity contribution < 1.29 is 64.9 Å². The first kappa shape index (κ1) is 23.7. The van der Waals surface area contributed by atoms with Crippen LogP contribution in [0.2, 0.25) is 0 Å². The first-order valence-electron chi connectivity index (χ1n) is 10.5. The van der Waals surface area contributed by atoms with Crippen molar-refractivity contribution in [2.24, 2.45) is 22.1 Å². The largest absolute Gasteiger partial charge is 0.394 e. The summed E-state index contributed by atoms with van der Waals surface area (Å²) in [6.45, 7) is -1.47. The van der Waals surface area contributed by atoms with Crippen molar-refractivity contribution in [1.29, 1.82) is 0 Å². The van der Waals surface area contributed by atoms with Crippen molar-refractivity contribution in [2.75, 3.05) is 13.2 Å². The maximum absolute atomic E-state index is 11.5. The van der Waals surface area contributed by atoms with Crippen molar-refractivity contribution >= 4 is 5.84 Å². The summed E-state index contributed by atoms with van der Waals surface area (Å²) in [5, 5.41) is 94.2. The lowest BCUT2D eigenvalue weighted by Gasteiger charge is -2.71. The lowest BCUT2D eigenvalue weighted by molar-refractivity contribution is -0.561. The molecule has 5 aliphatic heterocycles. The molecule has 0 amide bonds. The van der Waals surface area contributed by atoms with Crippen molar-refractivity contribution in [3.63, 3.8) is 0 Å². The number of rotatable bonds is 4. The Hall–Kier alpha value is -1.05. The molecule has 1 saturated carbocycles. The summed E-state index contributed by atoms with van der Waals surface area (Å²) in [5.41, 5.74) is 1.87. The predicted molar refractivity (Wildman–Crippen MR) is 99.5 cm³/mol. The predicted octanol–water partition coefficient (Wildman–Crippen LogP) is -6.60. The Kier molecular flexibility index (Phi) is 5.36. The van der Waals surface area contributed by atoms with E-state index in [2.05, 4.69) is 4.99 Å². The number of amidine groups is 1. The average molecular weight is 480 g/mol. The van der Waals surface area contributed by atoms with Crippen LogP contribution in [-0.2, 0) is 18.9 Å². The number of aliphatic hydroxyl groups excluding tert-OH is 7. The molecule has 11 N–H and O–H groups in total. The molecule has 15 nitrogen and oxygen atoms in total. The van der Waals surface area contributed by atoms with Gasteiger partial charge in [-0.25, -0.2) is 4.99 Å². The van der Waals surface area contributed by atoms with Gasteiger partial charge < -0.3 is 70.6 Å². The van der Waals surface area contributed by atoms with E-state index in [0.29, 0.717) is 0 Å². The fourth-order valence-electron chi connectivity index (χ4n) is 6.00. The first-order valence-corrected chi connectivity index (χ1v) is 10.5. The second-order valence-electron chi connectivity index (χ2n) is 9.40. The van der Waals surface area contributed by atoms with Gasteiger partial charge in [0.25, 0.3) is 0 Å². The lowest BCUT2D eigenvalue weighted by Crippen LogP contribution is -2.89. The zero-order valence-corrected chi connectivity index (χ0v) is 17.2. The van der Waals surface area contributed by atoms with Crippen LogP contribution in [0.15, 0.2) is 4.99 Å². The van der Waals surface area contributed by atoms with Crippen LogP contribution in [-0.4, -0.2) is 138 Å². The lowest BCUT2D eigenvalue weighted by atomic mass is 9.49. The summed E-state index contributed by atoms with van der Waals surface area (Å²) in [6.07, 6.45) is -16.4. The van der Waals surface area contributed by atoms with Crippen LogP contribution >= 0.6 is 0 Å². The highest BCUT2D eigenvalue weighted by molar-refractivity contribution is 5.82. The molecule has 4 saturated heterocycles. The van der Waals surface area contributed by atoms with E-state index < -0.39 is 97.5 Å². The Morgan fingerprint density at radius 2 is 1.67 bits per heavy atom. The van der Waals surface area contributed by atoms with Crippen LogP contribution in [0, 0.1) is 11.3 Å². The third kappa shape index (κ3) is 2.94. The van der Waals surface area contributed by atoms with Gasteiger partial charge in [0, 0.05) is 17.8 Å². The Bertz CT molecular complexity index is 831. The highest BCUT2D eigenvalue weighted by Gasteiger charge is 2.82. The summed E-state index contributed by atoms with van der Waals surface area (Å²) < 4.78 is 21.5. The number of nitrogens with two attached hydrogens (primary N) is 1. The molecule has 6 rings (SSSR count). The van der Waals surface area contributed by atoms with Crippen LogP contribution in [0.25, 0.3) is 0 Å². The van der Waals surface area contributed by atoms with Crippen molar-refractivity contribution in [3.8, 4) is 0 Å². The van der Waals surface area contributed by atoms with Gasteiger partial charge in [-0.15, -0.1) is 0 Å². The molecule has 9 unspecified atom stereocenters. The molecule has 0 aromatic rings. The van der Waals surface area contributed by atoms with Gasteiger partial charge in [-0.05, 0) is 0 Å². The monoisotopic (exact) mass is 480 g/mol. The van der Waals surface area contributed by atoms with E-state index in [-0.39, 0.29) is 12.3 Å². The molecule has 5 fully saturated rings. The smallest absolute Gasteiger partial charge is 0.309 e. The fourth-order valence-corrected chi connectivity index (χ4v) is 6.00. The van der Waals surface area contributed by atoms with E-state index in [1.54, 1.807) is 0 Å². The third-order valence-corrected chi connectivity index (χ3v) is 7.65. The van der Waals surface area contributed by atoms with Gasteiger partial charge in [0.15, 0.2) is 12.5 Å². The van der Waals surface area contributed by atoms with Gasteiger partial charge in [0.05, 0.1) is 25.2 Å². The third-order valence-electron chi connectivity index (χ3n) is 7.65. The molecular formula is C18H28N2O13. The summed E-state index contributed by atoms with van der Waals surface area (Å²) >= 11 is 0. The highest BCUT2D eigenvalue weighted by atomic mass is 16.9. The van der Waals surface area contributed by atoms with Gasteiger partial charge in [-0.1, -0.05) is 0 Å². The molecular weight excluding hydrogens is 452 g/mol. The molecule has 1 spiro atoms. The van der Waals surface area contributed by atoms with Crippen LogP contribution in [0.5, 0.6) is 0 Å². The number of ether oxygens (including phenoxy) is 4. The minimum absolute atomic E-state index is 0.0801. The molecule has 1 aliphatic carbocycles. The highest BCUT2D eigenvalue weighted by Crippen LogP contribution is 2.64. The van der Waals surface area contributed by atoms with Gasteiger partial charge in [0.2, 0.25) is 0 Å². The number of hydrogen-bond acceptors (Lipinski definition) is 15. The van der Waals surface area contributed by atoms with Crippen LogP contribution in [0.4, 0.5) is 0 Å². The molecule has 6 aliphatic rings. The van der Waals surface area contributed by atoms with E-state index in [0.717, 1.165) is 0 Å². The second kappa shape index (κ2) is 7.47. The molecule has 0 aromatic heterocycles. The summed E-state index contributed by atoms with van der Waals surface area (Å²) in [6, 6.07) is 0. The molecule has 5 heterocycles. The van der Waals surface area contributed by atoms with Gasteiger partial charge in [-0.3, -0.25) is 0 Å². The molecule has 188 valence electrons. The molecule has 4 bridgehead atoms. The number of nitrogens with zero attached hydrogens (tertiary/aromatic N) is 1. The summed E-state index contributed by atoms with van der Waals surface area (Å²) in [5.74, 6) is -3.93. The number of aliphatic imine (C=N–C) groups is 1. The Morgan fingerprint density at radius 3 is 2.33 bits per heavy atom. The standard InChI is InChI=1S/C18H28N2O13/c19-5-1-16-6(13(26)20-5)11-17(28,12(10(16)25)33-18(29,32-11)15(16)27)3-30-14-9(24)8(23)7(22)4(2-21)31-14/h4,6-15,21-29H,1-3H2,(H2,19,20)/t4-,6?,7+,8+,9-,10?,11?,12?,13?,14?,15+,16?,17?,18?/m1/s1. The Morgan fingerprint density at radius 1 is 1.00 bits per heavy atom. The van der Waals surface area contributed by atoms with E-state index in [4.69, 9.17) is 24.7 Å². The maximum atomic E-state index is 11.5. The zero-order chi connectivity index (χ0) is 24.1. The maximum Gasteiger partial charge on any atom is 0.309 e. The normalized spacial score (nSPS) is 59.9. The van der Waals surface area contributed by atoms with Crippen LogP contribution < -0.4 is 5.73 Å². The van der Waals surface area contributed by atoms with Crippen LogP contribution in [0.3, 0.4) is 0 Å². The van der Waals surface area contributed by atoms with Crippen LogP contribution in [0.1, 0.15) is 6.42 Å². The van der Waals surface area contributed by atoms with E-state index in [1.807, 2.05) is 0 Å². The first-order chi connectivity index (χ1) is 15.4. The SMILES string of the molecule is NC1=NC(O)C2C3OC4(O)OC(C(O)C2(C1)[C@@H]4O)C3(O)COC1O[C@H](CO)[C@H](O)[C@H](O)[C@H]1O. The minimum Gasteiger partial charge on any atom is -0.394 e. The van der Waals surface area contributed by atoms with Gasteiger partial charge >= 0.3 is 5.97 Å². The van der Waals surface area contributed by atoms with Gasteiger partial charge in [-0.2, -0.15) is 0 Å². The fraction of sp³-hybridized carbons (Fsp3) is 0.944. The quantitative estimate of drug-likeness (QED) is 0.179. The molecule has 14 atom stereocenters. The Balaban J connectivity index is 1.45. The van der Waals surface area contributed by atoms with Crippen molar-refractivity contribution in [3.05, 3.63) is 0 Å². The topological polar surface area (TPSA) is 257 Å². The van der Waals surface area contributed by atoms with E-state index >= 15 is 0 Å². The second-order valence-corrected chi connectivity index (χ2v) is 9.40. The Labute approximate surface area is 186 Å². The average Bonchev–Trinajstić information content (AvgIpc) is 2.75. The zero-order valence-electron chi connectivity index (χ0n) is 17.2. The molecule has 33 heavy (non-hydrogen) atoms. The number of aliphatic hydroxyl groups is 9. The van der Waals surface area contributed by atoms with Crippen molar-refractivity contribution in [1.82, 2.24) is 0 Å². The molecule has 0 radical (unpaired) electrons. The van der Waals surface area contributed by atoms with Crippen molar-refractivity contribution in [2.45, 2.75) is 79.3 Å². The van der Waals surface area contributed by atoms with E-state index in [1.165, 1.54) is 0 Å². The molecule has 15 heteroatoms. The van der Waals surface area contributed by atoms with E-state index in [9.17, 15) is 46.0 Å². The number of hydrogen-bond donors (Lipinski definition) is 10. The summed E-state index contributed by atoms with van der Waals surface area (Å²) in [7, 11) is 0. The molecule has 0 aromatic carbocycles. The minimum atomic E-state index is -2.61. The van der Waals surface area contributed by atoms with Gasteiger partial charge in [0.1, 0.15) is 48.3 Å². The summed E-state index contributed by atoms with van der Waals surface area (Å²) in [4.78, 5) is 3.86.